The predicted octanol–water partition coefficient (Wildman–Crippen LogP) is 2.62. The van der Waals surface area contributed by atoms with E-state index < -0.39 is 17.8 Å². The van der Waals surface area contributed by atoms with Crippen LogP contribution in [0.3, 0.4) is 0 Å². The van der Waals surface area contributed by atoms with E-state index in [1.807, 2.05) is 27.7 Å². The largest absolute Gasteiger partial charge is 0.341 e. The summed E-state index contributed by atoms with van der Waals surface area (Å²) in [6.07, 6.45) is 1.24. The van der Waals surface area contributed by atoms with Crippen LogP contribution >= 0.6 is 0 Å². The molecule has 0 aromatic heterocycles. The summed E-state index contributed by atoms with van der Waals surface area (Å²) < 4.78 is 13.2. The van der Waals surface area contributed by atoms with Gasteiger partial charge in [-0.3, -0.25) is 9.59 Å². The van der Waals surface area contributed by atoms with Crippen molar-refractivity contribution in [2.45, 2.75) is 52.6 Å². The Kier molecular flexibility index (Phi) is 8.62. The first-order valence-corrected chi connectivity index (χ1v) is 10.7. The molecule has 0 aliphatic carbocycles. The molecule has 1 aromatic rings. The zero-order chi connectivity index (χ0) is 22.3. The monoisotopic (exact) mass is 420 g/mol. The van der Waals surface area contributed by atoms with Crippen LogP contribution in [-0.2, 0) is 4.79 Å². The van der Waals surface area contributed by atoms with Crippen LogP contribution in [-0.4, -0.2) is 65.9 Å². The molecule has 4 amide bonds. The van der Waals surface area contributed by atoms with E-state index in [0.717, 1.165) is 0 Å². The molecule has 0 bridgehead atoms. The molecule has 7 nitrogen and oxygen atoms in total. The van der Waals surface area contributed by atoms with Crippen molar-refractivity contribution >= 4 is 17.8 Å². The molecule has 1 heterocycles. The quantitative estimate of drug-likeness (QED) is 0.712. The third-order valence-electron chi connectivity index (χ3n) is 5.44. The number of halogens is 1. The topological polar surface area (TPSA) is 81.8 Å². The number of urea groups is 1. The molecule has 1 saturated heterocycles. The van der Waals surface area contributed by atoms with E-state index >= 15 is 0 Å². The third-order valence-corrected chi connectivity index (χ3v) is 5.44. The van der Waals surface area contributed by atoms with Gasteiger partial charge in [0, 0.05) is 37.8 Å². The number of carbonyl (C=O) groups is 3. The number of rotatable bonds is 7. The lowest BCUT2D eigenvalue weighted by atomic mass is 9.88. The predicted molar refractivity (Wildman–Crippen MR) is 114 cm³/mol. The smallest absolute Gasteiger partial charge is 0.317 e. The van der Waals surface area contributed by atoms with Crippen molar-refractivity contribution in [3.8, 4) is 0 Å². The van der Waals surface area contributed by atoms with Gasteiger partial charge in [-0.1, -0.05) is 0 Å². The summed E-state index contributed by atoms with van der Waals surface area (Å²) >= 11 is 0. The molecular weight excluding hydrogens is 387 g/mol. The fourth-order valence-electron chi connectivity index (χ4n) is 3.71. The van der Waals surface area contributed by atoms with Gasteiger partial charge in [0.1, 0.15) is 11.9 Å². The van der Waals surface area contributed by atoms with Crippen LogP contribution in [0.1, 0.15) is 50.9 Å². The van der Waals surface area contributed by atoms with Crippen LogP contribution in [0.4, 0.5) is 9.18 Å². The van der Waals surface area contributed by atoms with Crippen LogP contribution < -0.4 is 10.6 Å². The van der Waals surface area contributed by atoms with Gasteiger partial charge in [-0.2, -0.15) is 0 Å². The van der Waals surface area contributed by atoms with Crippen molar-refractivity contribution in [1.29, 1.82) is 0 Å². The summed E-state index contributed by atoms with van der Waals surface area (Å²) in [4.78, 5) is 41.6. The number of hydrogen-bond donors (Lipinski definition) is 2. The number of carbonyl (C=O) groups excluding carboxylic acids is 3. The van der Waals surface area contributed by atoms with Crippen molar-refractivity contribution in [1.82, 2.24) is 20.4 Å². The molecule has 2 rings (SSSR count). The van der Waals surface area contributed by atoms with Gasteiger partial charge in [0.05, 0.1) is 0 Å². The fourth-order valence-corrected chi connectivity index (χ4v) is 3.71. The molecule has 0 spiro atoms. The van der Waals surface area contributed by atoms with Crippen LogP contribution in [0, 0.1) is 11.7 Å². The number of hydrogen-bond acceptors (Lipinski definition) is 3. The summed E-state index contributed by atoms with van der Waals surface area (Å²) in [7, 11) is 0. The molecule has 0 saturated carbocycles. The standard InChI is InChI=1S/C22H33FN4O3/c1-5-26(6-2)21(29)19(25-20(28)17-7-9-18(23)10-8-17)16-11-13-27(14-12-16)22(30)24-15(3)4/h7-10,15-16,19H,5-6,11-14H2,1-4H3,(H,24,30)(H,25,28)/t19-/m0/s1. The Morgan fingerprint density at radius 2 is 1.63 bits per heavy atom. The highest BCUT2D eigenvalue weighted by atomic mass is 19.1. The third kappa shape index (κ3) is 6.18. The molecular formula is C22H33FN4O3. The van der Waals surface area contributed by atoms with E-state index in [4.69, 9.17) is 0 Å². The summed E-state index contributed by atoms with van der Waals surface area (Å²) in [5.74, 6) is -1.03. The summed E-state index contributed by atoms with van der Waals surface area (Å²) in [6, 6.07) is 4.53. The zero-order valence-corrected chi connectivity index (χ0v) is 18.3. The van der Waals surface area contributed by atoms with Gasteiger partial charge >= 0.3 is 6.03 Å². The van der Waals surface area contributed by atoms with Gasteiger partial charge in [-0.25, -0.2) is 9.18 Å². The van der Waals surface area contributed by atoms with Crippen LogP contribution in [0.2, 0.25) is 0 Å². The number of nitrogens with zero attached hydrogens (tertiary/aromatic N) is 2. The molecule has 0 radical (unpaired) electrons. The summed E-state index contributed by atoms with van der Waals surface area (Å²) in [5.41, 5.74) is 0.308. The fraction of sp³-hybridized carbons (Fsp3) is 0.591. The Hall–Kier alpha value is -2.64. The first-order chi connectivity index (χ1) is 14.3. The first-order valence-electron chi connectivity index (χ1n) is 10.7. The van der Waals surface area contributed by atoms with Crippen molar-refractivity contribution < 1.29 is 18.8 Å². The maximum Gasteiger partial charge on any atom is 0.317 e. The van der Waals surface area contributed by atoms with Gasteiger partial charge in [0.15, 0.2) is 0 Å². The van der Waals surface area contributed by atoms with E-state index in [2.05, 4.69) is 10.6 Å². The van der Waals surface area contributed by atoms with E-state index in [1.54, 1.807) is 9.80 Å². The van der Waals surface area contributed by atoms with Gasteiger partial charge in [-0.05, 0) is 70.7 Å². The van der Waals surface area contributed by atoms with Gasteiger partial charge in [-0.15, -0.1) is 0 Å². The minimum Gasteiger partial charge on any atom is -0.341 e. The minimum absolute atomic E-state index is 0.0576. The lowest BCUT2D eigenvalue weighted by Gasteiger charge is -2.37. The van der Waals surface area contributed by atoms with Crippen LogP contribution in [0.15, 0.2) is 24.3 Å². The maximum absolute atomic E-state index is 13.2. The second kappa shape index (κ2) is 10.9. The number of likely N-dealkylation sites (tertiary alicyclic amines) is 1. The zero-order valence-electron chi connectivity index (χ0n) is 18.3. The van der Waals surface area contributed by atoms with Crippen LogP contribution in [0.25, 0.3) is 0 Å². The second-order valence-electron chi connectivity index (χ2n) is 7.90. The average Bonchev–Trinajstić information content (AvgIpc) is 2.72. The Labute approximate surface area is 178 Å². The average molecular weight is 421 g/mol. The summed E-state index contributed by atoms with van der Waals surface area (Å²) in [5, 5.41) is 5.76. The van der Waals surface area contributed by atoms with Crippen molar-refractivity contribution in [3.05, 3.63) is 35.6 Å². The molecule has 0 unspecified atom stereocenters. The Balaban J connectivity index is 2.12. The number of amides is 4. The van der Waals surface area contributed by atoms with Gasteiger partial charge < -0.3 is 20.4 Å². The molecule has 1 fully saturated rings. The van der Waals surface area contributed by atoms with Gasteiger partial charge in [0.25, 0.3) is 5.91 Å². The Bertz CT molecular complexity index is 726. The maximum atomic E-state index is 13.2. The molecule has 1 aliphatic heterocycles. The van der Waals surface area contributed by atoms with E-state index in [-0.39, 0.29) is 23.9 Å². The minimum atomic E-state index is -0.683. The van der Waals surface area contributed by atoms with Crippen molar-refractivity contribution in [3.63, 3.8) is 0 Å². The number of likely N-dealkylation sites (N-methyl/N-ethyl adjacent to an activating group) is 1. The first kappa shape index (κ1) is 23.6. The Morgan fingerprint density at radius 3 is 2.13 bits per heavy atom. The lowest BCUT2D eigenvalue weighted by molar-refractivity contribution is -0.134. The molecule has 30 heavy (non-hydrogen) atoms. The van der Waals surface area contributed by atoms with E-state index in [9.17, 15) is 18.8 Å². The SMILES string of the molecule is CCN(CC)C(=O)[C@@H](NC(=O)c1ccc(F)cc1)C1CCN(C(=O)NC(C)C)CC1. The Morgan fingerprint density at radius 1 is 1.07 bits per heavy atom. The number of nitrogens with one attached hydrogen (secondary N) is 2. The highest BCUT2D eigenvalue weighted by molar-refractivity contribution is 5.97. The highest BCUT2D eigenvalue weighted by Gasteiger charge is 2.35. The normalized spacial score (nSPS) is 15.6. The molecule has 166 valence electrons. The van der Waals surface area contributed by atoms with Crippen LogP contribution in [0.5, 0.6) is 0 Å². The highest BCUT2D eigenvalue weighted by Crippen LogP contribution is 2.23. The van der Waals surface area contributed by atoms with E-state index in [1.165, 1.54) is 24.3 Å². The number of piperidine rings is 1. The van der Waals surface area contributed by atoms with Gasteiger partial charge in [0.2, 0.25) is 5.91 Å². The van der Waals surface area contributed by atoms with Crippen molar-refractivity contribution in [2.75, 3.05) is 26.2 Å². The summed E-state index contributed by atoms with van der Waals surface area (Å²) in [6.45, 7) is 9.78. The molecule has 1 atom stereocenters. The molecule has 2 N–H and O–H groups in total. The second-order valence-corrected chi connectivity index (χ2v) is 7.90. The lowest BCUT2D eigenvalue weighted by Crippen LogP contribution is -2.55. The van der Waals surface area contributed by atoms with E-state index in [0.29, 0.717) is 44.6 Å². The molecule has 1 aliphatic rings. The number of benzene rings is 1. The van der Waals surface area contributed by atoms with Crippen molar-refractivity contribution in [2.24, 2.45) is 5.92 Å². The molecule has 1 aromatic carbocycles. The molecule has 8 heteroatoms.